The van der Waals surface area contributed by atoms with Gasteiger partial charge in [0.25, 0.3) is 0 Å². The minimum atomic E-state index is -4.70. The van der Waals surface area contributed by atoms with Gasteiger partial charge in [0.15, 0.2) is 0 Å². The quantitative estimate of drug-likeness (QED) is 0.525. The van der Waals surface area contributed by atoms with Crippen LogP contribution < -0.4 is 33.1 Å². The number of allylic oxidation sites excluding steroid dienone is 1. The van der Waals surface area contributed by atoms with Crippen molar-refractivity contribution < 1.29 is 19.1 Å². The van der Waals surface area contributed by atoms with E-state index in [9.17, 15) is 19.1 Å². The fraction of sp³-hybridized carbons (Fsp3) is 0.769. The molecule has 10 heteroatoms. The van der Waals surface area contributed by atoms with Crippen molar-refractivity contribution in [3.8, 4) is 0 Å². The molecule has 140 valence electrons. The minimum absolute atomic E-state index is 0. The zero-order valence-corrected chi connectivity index (χ0v) is 16.3. The van der Waals surface area contributed by atoms with Crippen molar-refractivity contribution in [2.75, 3.05) is 0 Å². The third-order valence-corrected chi connectivity index (χ3v) is 4.67. The fourth-order valence-electron chi connectivity index (χ4n) is 2.72. The van der Waals surface area contributed by atoms with E-state index in [0.29, 0.717) is 12.3 Å². The van der Waals surface area contributed by atoms with E-state index in [4.69, 9.17) is 5.73 Å². The van der Waals surface area contributed by atoms with Gasteiger partial charge in [0.1, 0.15) is 0 Å². The molecule has 0 fully saturated rings. The van der Waals surface area contributed by atoms with Crippen molar-refractivity contribution in [3.63, 3.8) is 0 Å². The summed E-state index contributed by atoms with van der Waals surface area (Å²) >= 11 is 0. The number of rotatable bonds is 5. The second-order valence-corrected chi connectivity index (χ2v) is 7.47. The van der Waals surface area contributed by atoms with Crippen LogP contribution in [-0.4, -0.2) is 18.0 Å². The van der Waals surface area contributed by atoms with Crippen LogP contribution in [0.25, 0.3) is 0 Å². The molecule has 11 N–H and O–H groups in total. The molecule has 0 aromatic carbocycles. The highest BCUT2D eigenvalue weighted by Gasteiger charge is 2.31. The maximum Gasteiger partial charge on any atom is 0.217 e. The maximum absolute atomic E-state index is 11.3. The Morgan fingerprint density at radius 1 is 1.43 bits per heavy atom. The van der Waals surface area contributed by atoms with Crippen molar-refractivity contribution in [1.82, 2.24) is 17.6 Å². The molecule has 0 bridgehead atoms. The first-order valence-corrected chi connectivity index (χ1v) is 8.39. The summed E-state index contributed by atoms with van der Waals surface area (Å²) in [5, 5.41) is 2.79. The molecule has 0 radical (unpaired) electrons. The Morgan fingerprint density at radius 3 is 2.30 bits per heavy atom. The molecule has 1 aliphatic rings. The molecule has 1 rings (SSSR count). The molecule has 0 spiro atoms. The standard InChI is InChI=1S/C13H25N2O4P.ClH.2H3N/c1-8(2)6-13(15-9(3)16)11-5-4-10(7-12(11)14)20(17,18)19;;;/h4,8,11-13H,5-7,14H2,1-3H3,(H,15,16)(H2,17,18,19);1H;2*1H3/t11-,12-,13+;;;/m1.../s1. The maximum atomic E-state index is 11.3. The van der Waals surface area contributed by atoms with Crippen LogP contribution in [0.1, 0.15) is 40.0 Å². The summed E-state index contributed by atoms with van der Waals surface area (Å²) in [4.78, 5) is 33.4. The number of hydrogen-bond acceptors (Lipinski definition) is 5. The highest BCUT2D eigenvalue weighted by molar-refractivity contribution is 7.53. The lowest BCUT2D eigenvalue weighted by atomic mass is 9.80. The monoisotopic (exact) mass is 374 g/mol. The topological polar surface area (TPSA) is 191 Å². The SMILES string of the molecule is CC(=O)N[C@@H](CC(C)C)[C@@H]1CC=C(P(=O)([O-])[O-])C[C@H]1N.Cl.[NH4+].[NH4+]. The highest BCUT2D eigenvalue weighted by atomic mass is 35.5. The van der Waals surface area contributed by atoms with E-state index in [1.54, 1.807) is 0 Å². The zero-order chi connectivity index (χ0) is 15.5. The lowest BCUT2D eigenvalue weighted by molar-refractivity contribution is -0.310. The molecule has 3 atom stereocenters. The molecule has 0 aliphatic heterocycles. The average molecular weight is 375 g/mol. The average Bonchev–Trinajstić information content (AvgIpc) is 2.25. The molecular formula is C13H32ClN4O4P. The van der Waals surface area contributed by atoms with E-state index < -0.39 is 13.6 Å². The second-order valence-electron chi connectivity index (χ2n) is 5.90. The molecule has 1 amide bonds. The van der Waals surface area contributed by atoms with Crippen LogP contribution in [-0.2, 0) is 9.36 Å². The summed E-state index contributed by atoms with van der Waals surface area (Å²) in [5.41, 5.74) is 6.03. The Labute approximate surface area is 144 Å². The predicted octanol–water partition coefficient (Wildman–Crippen LogP) is 1.25. The van der Waals surface area contributed by atoms with Crippen LogP contribution in [0.3, 0.4) is 0 Å². The van der Waals surface area contributed by atoms with Crippen molar-refractivity contribution in [2.24, 2.45) is 17.6 Å². The van der Waals surface area contributed by atoms with Crippen molar-refractivity contribution in [1.29, 1.82) is 0 Å². The van der Waals surface area contributed by atoms with Gasteiger partial charge in [0, 0.05) is 19.0 Å². The van der Waals surface area contributed by atoms with Gasteiger partial charge >= 0.3 is 0 Å². The third-order valence-electron chi connectivity index (χ3n) is 3.60. The smallest absolute Gasteiger partial charge is 0.217 e. The predicted molar refractivity (Wildman–Crippen MR) is 92.7 cm³/mol. The lowest BCUT2D eigenvalue weighted by Gasteiger charge is -2.41. The summed E-state index contributed by atoms with van der Waals surface area (Å²) in [6.45, 7) is 5.55. The Kier molecular flexibility index (Phi) is 13.3. The van der Waals surface area contributed by atoms with Gasteiger partial charge in [-0.1, -0.05) is 19.9 Å². The van der Waals surface area contributed by atoms with E-state index in [0.717, 1.165) is 6.42 Å². The third kappa shape index (κ3) is 8.81. The number of quaternary nitrogens is 2. The first-order chi connectivity index (χ1) is 9.11. The van der Waals surface area contributed by atoms with Crippen LogP contribution >= 0.6 is 20.0 Å². The van der Waals surface area contributed by atoms with E-state index in [2.05, 4.69) is 5.32 Å². The number of carbonyl (C=O) groups excluding carboxylic acids is 1. The van der Waals surface area contributed by atoms with E-state index in [-0.39, 0.29) is 54.3 Å². The van der Waals surface area contributed by atoms with Gasteiger partial charge in [-0.25, -0.2) is 0 Å². The summed E-state index contributed by atoms with van der Waals surface area (Å²) in [5.74, 6) is 0.210. The Bertz CT molecular complexity index is 442. The highest BCUT2D eigenvalue weighted by Crippen LogP contribution is 2.43. The zero-order valence-electron chi connectivity index (χ0n) is 14.6. The van der Waals surface area contributed by atoms with Gasteiger partial charge in [-0.3, -0.25) is 4.79 Å². The normalized spacial score (nSPS) is 22.0. The molecule has 0 heterocycles. The van der Waals surface area contributed by atoms with Gasteiger partial charge in [-0.15, -0.1) is 12.4 Å². The summed E-state index contributed by atoms with van der Waals surface area (Å²) in [7, 11) is -4.70. The van der Waals surface area contributed by atoms with Gasteiger partial charge in [-0.05, 0) is 44.0 Å². The van der Waals surface area contributed by atoms with Gasteiger partial charge in [0.2, 0.25) is 5.91 Å². The molecule has 23 heavy (non-hydrogen) atoms. The van der Waals surface area contributed by atoms with Gasteiger partial charge in [-0.2, -0.15) is 0 Å². The molecule has 0 saturated heterocycles. The minimum Gasteiger partial charge on any atom is -0.808 e. The Balaban J connectivity index is -0.00000133. The summed E-state index contributed by atoms with van der Waals surface area (Å²) in [6.07, 6.45) is 2.70. The summed E-state index contributed by atoms with van der Waals surface area (Å²) < 4.78 is 11.0. The Hall–Kier alpha value is -0.470. The first-order valence-electron chi connectivity index (χ1n) is 6.85. The number of nitrogens with one attached hydrogen (secondary N) is 1. The molecule has 0 saturated carbocycles. The molecule has 8 nitrogen and oxygen atoms in total. The van der Waals surface area contributed by atoms with Crippen LogP contribution in [0.2, 0.25) is 0 Å². The summed E-state index contributed by atoms with van der Waals surface area (Å²) in [6, 6.07) is -0.528. The molecular weight excluding hydrogens is 343 g/mol. The van der Waals surface area contributed by atoms with Gasteiger partial charge in [0.05, 0.1) is 0 Å². The number of carbonyl (C=O) groups is 1. The first kappa shape index (κ1) is 27.4. The van der Waals surface area contributed by atoms with Crippen molar-refractivity contribution in [3.05, 3.63) is 11.4 Å². The van der Waals surface area contributed by atoms with E-state index in [1.807, 2.05) is 13.8 Å². The lowest BCUT2D eigenvalue weighted by Crippen LogP contribution is -2.48. The largest absolute Gasteiger partial charge is 0.808 e. The van der Waals surface area contributed by atoms with Crippen LogP contribution in [0.4, 0.5) is 0 Å². The van der Waals surface area contributed by atoms with Crippen LogP contribution in [0.5, 0.6) is 0 Å². The van der Waals surface area contributed by atoms with Crippen molar-refractivity contribution in [2.45, 2.75) is 52.1 Å². The number of hydrogen-bond donors (Lipinski definition) is 4. The van der Waals surface area contributed by atoms with Crippen LogP contribution in [0.15, 0.2) is 11.4 Å². The van der Waals surface area contributed by atoms with E-state index >= 15 is 0 Å². The number of nitrogens with two attached hydrogens (primary N) is 1. The van der Waals surface area contributed by atoms with E-state index in [1.165, 1.54) is 13.0 Å². The fourth-order valence-corrected chi connectivity index (χ4v) is 3.48. The number of halogens is 1. The van der Waals surface area contributed by atoms with Crippen molar-refractivity contribution >= 4 is 25.9 Å². The molecule has 0 unspecified atom stereocenters. The second kappa shape index (κ2) is 11.1. The Morgan fingerprint density at radius 2 is 1.96 bits per heavy atom. The molecule has 0 aromatic heterocycles. The van der Waals surface area contributed by atoms with Gasteiger partial charge < -0.3 is 37.7 Å². The molecule has 1 aliphatic carbocycles. The molecule has 0 aromatic rings. The number of amides is 1. The van der Waals surface area contributed by atoms with Crippen LogP contribution in [0, 0.1) is 11.8 Å².